The van der Waals surface area contributed by atoms with E-state index in [1.807, 2.05) is 0 Å². The second kappa shape index (κ2) is 7.87. The van der Waals surface area contributed by atoms with Crippen LogP contribution >= 0.6 is 46.4 Å². The molecule has 3 N–H and O–H groups in total. The Morgan fingerprint density at radius 2 is 1.38 bits per heavy atom. The molecule has 152 valence electrons. The number of halogens is 4. The van der Waals surface area contributed by atoms with Crippen LogP contribution in [0.2, 0.25) is 20.1 Å². The maximum absolute atomic E-state index is 13.0. The van der Waals surface area contributed by atoms with Crippen LogP contribution in [0.15, 0.2) is 54.6 Å². The van der Waals surface area contributed by atoms with Crippen molar-refractivity contribution in [2.24, 2.45) is 0 Å². The van der Waals surface area contributed by atoms with Crippen molar-refractivity contribution in [3.63, 3.8) is 0 Å². The maximum atomic E-state index is 13.0. The highest BCUT2D eigenvalue weighted by atomic mass is 35.5. The minimum atomic E-state index is -5.07. The SMILES string of the molecule is O=S(=O)(O)C(c1cccc(O)c1)(c1cccc(Cl)c1)c1c(Cl)cc(O)c(Cl)c1Cl. The van der Waals surface area contributed by atoms with Gasteiger partial charge in [-0.1, -0.05) is 70.7 Å². The lowest BCUT2D eigenvalue weighted by atomic mass is 9.83. The second-order valence-electron chi connectivity index (χ2n) is 6.10. The molecule has 1 unspecified atom stereocenters. The molecule has 0 bridgehead atoms. The Labute approximate surface area is 186 Å². The summed E-state index contributed by atoms with van der Waals surface area (Å²) in [6, 6.07) is 11.9. The Kier molecular flexibility index (Phi) is 5.98. The molecule has 3 aromatic rings. The zero-order valence-corrected chi connectivity index (χ0v) is 18.1. The van der Waals surface area contributed by atoms with Crippen LogP contribution in [0.25, 0.3) is 0 Å². The Morgan fingerprint density at radius 3 is 1.93 bits per heavy atom. The molecule has 0 aliphatic carbocycles. The van der Waals surface area contributed by atoms with E-state index in [0.29, 0.717) is 0 Å². The molecule has 0 saturated heterocycles. The van der Waals surface area contributed by atoms with E-state index < -0.39 is 25.6 Å². The van der Waals surface area contributed by atoms with Gasteiger partial charge in [-0.2, -0.15) is 8.42 Å². The molecule has 0 radical (unpaired) electrons. The highest BCUT2D eigenvalue weighted by Gasteiger charge is 2.51. The molecule has 0 fully saturated rings. The van der Waals surface area contributed by atoms with Gasteiger partial charge in [0, 0.05) is 16.7 Å². The van der Waals surface area contributed by atoms with Crippen molar-refractivity contribution in [2.45, 2.75) is 4.75 Å². The van der Waals surface area contributed by atoms with Crippen molar-refractivity contribution >= 4 is 56.5 Å². The summed E-state index contributed by atoms with van der Waals surface area (Å²) in [5, 5.41) is 19.1. The minimum Gasteiger partial charge on any atom is -0.508 e. The monoisotopic (exact) mass is 492 g/mol. The van der Waals surface area contributed by atoms with Crippen molar-refractivity contribution in [3.05, 3.63) is 91.4 Å². The predicted molar refractivity (Wildman–Crippen MR) is 114 cm³/mol. The average molecular weight is 494 g/mol. The first kappa shape index (κ1) is 22.0. The summed E-state index contributed by atoms with van der Waals surface area (Å²) in [5.41, 5.74) is -0.393. The lowest BCUT2D eigenvalue weighted by molar-refractivity contribution is 0.455. The van der Waals surface area contributed by atoms with Gasteiger partial charge in [-0.15, -0.1) is 0 Å². The Bertz CT molecular complexity index is 1170. The Morgan fingerprint density at radius 1 is 0.793 bits per heavy atom. The zero-order valence-electron chi connectivity index (χ0n) is 14.3. The van der Waals surface area contributed by atoms with Crippen LogP contribution in [0.3, 0.4) is 0 Å². The number of hydrogen-bond donors (Lipinski definition) is 3. The van der Waals surface area contributed by atoms with Gasteiger partial charge in [-0.05, 0) is 35.4 Å². The van der Waals surface area contributed by atoms with Crippen LogP contribution in [-0.2, 0) is 14.9 Å². The van der Waals surface area contributed by atoms with Gasteiger partial charge in [0.2, 0.25) is 0 Å². The first-order valence-corrected chi connectivity index (χ1v) is 10.8. The lowest BCUT2D eigenvalue weighted by Crippen LogP contribution is -2.39. The van der Waals surface area contributed by atoms with E-state index in [9.17, 15) is 23.2 Å². The molecule has 0 heterocycles. The van der Waals surface area contributed by atoms with Gasteiger partial charge < -0.3 is 10.2 Å². The molecule has 0 aliphatic heterocycles. The van der Waals surface area contributed by atoms with E-state index >= 15 is 0 Å². The first-order valence-electron chi connectivity index (χ1n) is 7.89. The summed E-state index contributed by atoms with van der Waals surface area (Å²) in [7, 11) is -5.07. The fourth-order valence-electron chi connectivity index (χ4n) is 3.22. The molecule has 0 spiro atoms. The molecule has 3 rings (SSSR count). The fraction of sp³-hybridized carbons (Fsp3) is 0.0526. The average Bonchev–Trinajstić information content (AvgIpc) is 2.62. The number of rotatable bonds is 4. The molecular formula is C19H12Cl4O5S. The van der Waals surface area contributed by atoms with Crippen LogP contribution < -0.4 is 0 Å². The van der Waals surface area contributed by atoms with Crippen molar-refractivity contribution in [1.29, 1.82) is 0 Å². The molecule has 0 amide bonds. The molecule has 1 atom stereocenters. The van der Waals surface area contributed by atoms with Gasteiger partial charge in [-0.3, -0.25) is 4.55 Å². The van der Waals surface area contributed by atoms with Gasteiger partial charge >= 0.3 is 0 Å². The van der Waals surface area contributed by atoms with E-state index in [0.717, 1.165) is 12.1 Å². The first-order chi connectivity index (χ1) is 13.5. The molecule has 10 heteroatoms. The van der Waals surface area contributed by atoms with Crippen molar-refractivity contribution in [3.8, 4) is 11.5 Å². The number of phenols is 2. The molecule has 0 aliphatic rings. The van der Waals surface area contributed by atoms with Gasteiger partial charge in [0.25, 0.3) is 10.1 Å². The number of hydrogen-bond acceptors (Lipinski definition) is 4. The molecule has 29 heavy (non-hydrogen) atoms. The number of phenolic OH excluding ortho intramolecular Hbond substituents is 2. The fourth-order valence-corrected chi connectivity index (χ4v) is 5.72. The topological polar surface area (TPSA) is 94.8 Å². The van der Waals surface area contributed by atoms with Gasteiger partial charge in [0.1, 0.15) is 16.5 Å². The third-order valence-corrected chi connectivity index (χ3v) is 7.20. The summed E-state index contributed by atoms with van der Waals surface area (Å²) in [4.78, 5) is 0. The van der Waals surface area contributed by atoms with Crippen LogP contribution in [-0.4, -0.2) is 23.2 Å². The summed E-state index contributed by atoms with van der Waals surface area (Å²) in [5.74, 6) is -0.744. The van der Waals surface area contributed by atoms with E-state index in [1.54, 1.807) is 0 Å². The second-order valence-corrected chi connectivity index (χ2v) is 9.26. The third-order valence-electron chi connectivity index (χ3n) is 4.36. The molecule has 0 aromatic heterocycles. The van der Waals surface area contributed by atoms with Crippen molar-refractivity contribution in [2.75, 3.05) is 0 Å². The Balaban J connectivity index is 2.64. The Hall–Kier alpha value is -1.67. The summed E-state index contributed by atoms with van der Waals surface area (Å²) < 4.78 is 34.1. The third kappa shape index (κ3) is 3.65. The van der Waals surface area contributed by atoms with Gasteiger partial charge in [0.05, 0.1) is 10.0 Å². The van der Waals surface area contributed by atoms with Crippen LogP contribution in [0.4, 0.5) is 0 Å². The van der Waals surface area contributed by atoms with E-state index in [2.05, 4.69) is 0 Å². The van der Waals surface area contributed by atoms with Gasteiger partial charge in [0.15, 0.2) is 4.75 Å². The maximum Gasteiger partial charge on any atom is 0.283 e. The quantitative estimate of drug-likeness (QED) is 0.239. The highest BCUT2D eigenvalue weighted by molar-refractivity contribution is 7.87. The van der Waals surface area contributed by atoms with Crippen LogP contribution in [0.1, 0.15) is 16.7 Å². The van der Waals surface area contributed by atoms with E-state index in [4.69, 9.17) is 46.4 Å². The lowest BCUT2D eigenvalue weighted by Gasteiger charge is -2.34. The summed E-state index contributed by atoms with van der Waals surface area (Å²) in [6.07, 6.45) is 0. The summed E-state index contributed by atoms with van der Waals surface area (Å²) >= 11 is 24.8. The summed E-state index contributed by atoms with van der Waals surface area (Å²) in [6.45, 7) is 0. The molecule has 3 aromatic carbocycles. The van der Waals surface area contributed by atoms with Gasteiger partial charge in [-0.25, -0.2) is 0 Å². The van der Waals surface area contributed by atoms with Crippen LogP contribution in [0, 0.1) is 0 Å². The standard InChI is InChI=1S/C19H12Cl4O5S/c20-12-5-1-3-10(7-12)19(29(26,27)28,11-4-2-6-13(24)8-11)16-14(21)9-15(25)17(22)18(16)23/h1-9,24-25H,(H,26,27,28). The normalized spacial score (nSPS) is 13.8. The molecule has 5 nitrogen and oxygen atoms in total. The number of benzene rings is 3. The minimum absolute atomic E-state index is 0.0105. The largest absolute Gasteiger partial charge is 0.508 e. The molecular weight excluding hydrogens is 482 g/mol. The smallest absolute Gasteiger partial charge is 0.283 e. The predicted octanol–water partition coefficient (Wildman–Crippen LogP) is 5.89. The molecule has 0 saturated carbocycles. The van der Waals surface area contributed by atoms with Crippen molar-refractivity contribution in [1.82, 2.24) is 0 Å². The number of aromatic hydroxyl groups is 2. The van der Waals surface area contributed by atoms with Crippen LogP contribution in [0.5, 0.6) is 11.5 Å². The highest BCUT2D eigenvalue weighted by Crippen LogP contribution is 2.52. The van der Waals surface area contributed by atoms with E-state index in [1.165, 1.54) is 42.5 Å². The van der Waals surface area contributed by atoms with Crippen molar-refractivity contribution < 1.29 is 23.2 Å². The zero-order chi connectivity index (χ0) is 21.6. The van der Waals surface area contributed by atoms with E-state index in [-0.39, 0.29) is 37.5 Å².